The normalized spacial score (nSPS) is 23.3. The summed E-state index contributed by atoms with van der Waals surface area (Å²) in [5, 5.41) is 8.17. The summed E-state index contributed by atoms with van der Waals surface area (Å²) < 4.78 is 2.22. The monoisotopic (exact) mass is 151 g/mol. The molecule has 1 aromatic heterocycles. The maximum Gasteiger partial charge on any atom is 0.133 e. The minimum Gasteiger partial charge on any atom is -0.315 e. The fourth-order valence-electron chi connectivity index (χ4n) is 1.63. The summed E-state index contributed by atoms with van der Waals surface area (Å²) in [6.45, 7) is 5.40. The molecule has 0 radical (unpaired) electrons. The summed E-state index contributed by atoms with van der Waals surface area (Å²) in [6.07, 6.45) is 2.37. The fraction of sp³-hybridized carbons (Fsp3) is 0.750. The topological polar surface area (TPSA) is 30.7 Å². The second-order valence-electron chi connectivity index (χ2n) is 3.41. The number of rotatable bonds is 0. The van der Waals surface area contributed by atoms with Crippen molar-refractivity contribution in [1.82, 2.24) is 14.8 Å². The van der Waals surface area contributed by atoms with Crippen LogP contribution in [0.1, 0.15) is 25.0 Å². The van der Waals surface area contributed by atoms with Crippen molar-refractivity contribution in [2.45, 2.75) is 33.2 Å². The molecule has 1 unspecified atom stereocenters. The standard InChI is InChI=1S/C8H13N3/c1-6-3-4-11-7(2)9-10-8(11)5-6/h6H,3-5H2,1-2H3. The maximum atomic E-state index is 4.12. The summed E-state index contributed by atoms with van der Waals surface area (Å²) >= 11 is 0. The second-order valence-corrected chi connectivity index (χ2v) is 3.41. The van der Waals surface area contributed by atoms with Crippen LogP contribution in [0.2, 0.25) is 0 Å². The summed E-state index contributed by atoms with van der Waals surface area (Å²) in [7, 11) is 0. The van der Waals surface area contributed by atoms with Crippen molar-refractivity contribution in [3.63, 3.8) is 0 Å². The van der Waals surface area contributed by atoms with Crippen molar-refractivity contribution in [1.29, 1.82) is 0 Å². The lowest BCUT2D eigenvalue weighted by Gasteiger charge is -2.19. The van der Waals surface area contributed by atoms with Crippen molar-refractivity contribution >= 4 is 0 Å². The van der Waals surface area contributed by atoms with Gasteiger partial charge in [-0.1, -0.05) is 6.92 Å². The molecule has 2 rings (SSSR count). The average molecular weight is 151 g/mol. The molecule has 3 nitrogen and oxygen atoms in total. The SMILES string of the molecule is Cc1nnc2n1CCC(C)C2. The Morgan fingerprint density at radius 1 is 1.45 bits per heavy atom. The third-order valence-corrected chi connectivity index (χ3v) is 2.39. The van der Waals surface area contributed by atoms with Gasteiger partial charge in [-0.25, -0.2) is 0 Å². The van der Waals surface area contributed by atoms with E-state index in [0.717, 1.165) is 24.7 Å². The molecule has 60 valence electrons. The summed E-state index contributed by atoms with van der Waals surface area (Å²) in [5.41, 5.74) is 0. The zero-order valence-corrected chi connectivity index (χ0v) is 7.04. The molecule has 1 aliphatic heterocycles. The molecule has 0 fully saturated rings. The van der Waals surface area contributed by atoms with Crippen LogP contribution in [0.25, 0.3) is 0 Å². The number of aryl methyl sites for hydroxylation is 1. The lowest BCUT2D eigenvalue weighted by molar-refractivity contribution is 0.405. The van der Waals surface area contributed by atoms with Crippen LogP contribution in [0.4, 0.5) is 0 Å². The Bertz CT molecular complexity index is 264. The Balaban J connectivity index is 2.36. The number of fused-ring (bicyclic) bond motifs is 1. The van der Waals surface area contributed by atoms with Gasteiger partial charge in [-0.3, -0.25) is 0 Å². The summed E-state index contributed by atoms with van der Waals surface area (Å²) in [6, 6.07) is 0. The van der Waals surface area contributed by atoms with E-state index in [1.54, 1.807) is 0 Å². The van der Waals surface area contributed by atoms with Crippen LogP contribution in [-0.4, -0.2) is 14.8 Å². The van der Waals surface area contributed by atoms with Crippen molar-refractivity contribution in [2.75, 3.05) is 0 Å². The van der Waals surface area contributed by atoms with Crippen LogP contribution in [-0.2, 0) is 13.0 Å². The third kappa shape index (κ3) is 1.04. The van der Waals surface area contributed by atoms with Crippen LogP contribution in [0.3, 0.4) is 0 Å². The van der Waals surface area contributed by atoms with Gasteiger partial charge in [-0.15, -0.1) is 10.2 Å². The molecule has 1 atom stereocenters. The first-order valence-electron chi connectivity index (χ1n) is 4.16. The van der Waals surface area contributed by atoms with Gasteiger partial charge in [-0.2, -0.15) is 0 Å². The molecule has 0 amide bonds. The Labute approximate surface area is 66.4 Å². The summed E-state index contributed by atoms with van der Waals surface area (Å²) in [4.78, 5) is 0. The van der Waals surface area contributed by atoms with Gasteiger partial charge in [0.1, 0.15) is 11.6 Å². The van der Waals surface area contributed by atoms with Gasteiger partial charge >= 0.3 is 0 Å². The molecule has 2 heterocycles. The zero-order chi connectivity index (χ0) is 7.84. The first-order valence-corrected chi connectivity index (χ1v) is 4.16. The highest BCUT2D eigenvalue weighted by atomic mass is 15.3. The fourth-order valence-corrected chi connectivity index (χ4v) is 1.63. The molecule has 1 aliphatic rings. The van der Waals surface area contributed by atoms with Crippen LogP contribution in [0.15, 0.2) is 0 Å². The number of hydrogen-bond acceptors (Lipinski definition) is 2. The molecule has 0 saturated heterocycles. The quantitative estimate of drug-likeness (QED) is 0.557. The molecule has 0 N–H and O–H groups in total. The molecule has 1 aromatic rings. The van der Waals surface area contributed by atoms with E-state index in [9.17, 15) is 0 Å². The van der Waals surface area contributed by atoms with E-state index in [2.05, 4.69) is 21.7 Å². The Morgan fingerprint density at radius 2 is 2.27 bits per heavy atom. The predicted molar refractivity (Wildman–Crippen MR) is 42.2 cm³/mol. The Morgan fingerprint density at radius 3 is 3.09 bits per heavy atom. The van der Waals surface area contributed by atoms with Gasteiger partial charge in [0.25, 0.3) is 0 Å². The number of hydrogen-bond donors (Lipinski definition) is 0. The molecule has 3 heteroatoms. The Hall–Kier alpha value is -0.860. The third-order valence-electron chi connectivity index (χ3n) is 2.39. The minimum absolute atomic E-state index is 0.783. The molecular weight excluding hydrogens is 138 g/mol. The van der Waals surface area contributed by atoms with E-state index in [-0.39, 0.29) is 0 Å². The van der Waals surface area contributed by atoms with Gasteiger partial charge in [0.05, 0.1) is 0 Å². The minimum atomic E-state index is 0.783. The zero-order valence-electron chi connectivity index (χ0n) is 7.04. The average Bonchev–Trinajstić information content (AvgIpc) is 2.32. The lowest BCUT2D eigenvalue weighted by Crippen LogP contribution is -2.17. The van der Waals surface area contributed by atoms with Gasteiger partial charge < -0.3 is 4.57 Å². The molecule has 0 saturated carbocycles. The van der Waals surface area contributed by atoms with Gasteiger partial charge in [0.2, 0.25) is 0 Å². The first kappa shape index (κ1) is 6.83. The van der Waals surface area contributed by atoms with Crippen molar-refractivity contribution in [2.24, 2.45) is 5.92 Å². The molecule has 0 aliphatic carbocycles. The van der Waals surface area contributed by atoms with E-state index in [1.165, 1.54) is 12.2 Å². The highest BCUT2D eigenvalue weighted by Gasteiger charge is 2.17. The summed E-state index contributed by atoms with van der Waals surface area (Å²) in [5.74, 6) is 3.01. The van der Waals surface area contributed by atoms with Crippen LogP contribution >= 0.6 is 0 Å². The van der Waals surface area contributed by atoms with Crippen LogP contribution in [0, 0.1) is 12.8 Å². The van der Waals surface area contributed by atoms with E-state index >= 15 is 0 Å². The van der Waals surface area contributed by atoms with Gasteiger partial charge in [0, 0.05) is 13.0 Å². The smallest absolute Gasteiger partial charge is 0.133 e. The molecule has 0 spiro atoms. The molecular formula is C8H13N3. The van der Waals surface area contributed by atoms with E-state index in [1.807, 2.05) is 6.92 Å². The first-order chi connectivity index (χ1) is 5.27. The largest absolute Gasteiger partial charge is 0.315 e. The van der Waals surface area contributed by atoms with Crippen LogP contribution in [0.5, 0.6) is 0 Å². The van der Waals surface area contributed by atoms with Crippen molar-refractivity contribution < 1.29 is 0 Å². The highest BCUT2D eigenvalue weighted by Crippen LogP contribution is 2.18. The van der Waals surface area contributed by atoms with E-state index < -0.39 is 0 Å². The van der Waals surface area contributed by atoms with Crippen molar-refractivity contribution in [3.8, 4) is 0 Å². The van der Waals surface area contributed by atoms with E-state index in [0.29, 0.717) is 0 Å². The van der Waals surface area contributed by atoms with Gasteiger partial charge in [-0.05, 0) is 19.3 Å². The predicted octanol–water partition coefficient (Wildman–Crippen LogP) is 1.17. The lowest BCUT2D eigenvalue weighted by atomic mass is 10.0. The molecule has 0 aromatic carbocycles. The second kappa shape index (κ2) is 2.32. The highest BCUT2D eigenvalue weighted by molar-refractivity contribution is 4.97. The maximum absolute atomic E-state index is 4.12. The Kier molecular flexibility index (Phi) is 1.44. The van der Waals surface area contributed by atoms with Gasteiger partial charge in [0.15, 0.2) is 0 Å². The van der Waals surface area contributed by atoms with Crippen LogP contribution < -0.4 is 0 Å². The number of aromatic nitrogens is 3. The van der Waals surface area contributed by atoms with E-state index in [4.69, 9.17) is 0 Å². The molecule has 0 bridgehead atoms. The number of nitrogens with zero attached hydrogens (tertiary/aromatic N) is 3. The van der Waals surface area contributed by atoms with Crippen molar-refractivity contribution in [3.05, 3.63) is 11.6 Å². The molecule has 11 heavy (non-hydrogen) atoms.